The number of hydrogen-bond donors (Lipinski definition) is 0. The van der Waals surface area contributed by atoms with Gasteiger partial charge < -0.3 is 4.74 Å². The van der Waals surface area contributed by atoms with E-state index in [1.165, 1.54) is 24.8 Å². The first-order chi connectivity index (χ1) is 8.84. The van der Waals surface area contributed by atoms with Gasteiger partial charge in [0.1, 0.15) is 6.10 Å². The van der Waals surface area contributed by atoms with Crippen LogP contribution in [-0.2, 0) is 9.53 Å². The summed E-state index contributed by atoms with van der Waals surface area (Å²) >= 11 is 0. The van der Waals surface area contributed by atoms with E-state index in [9.17, 15) is 4.79 Å². The molecule has 0 N–H and O–H groups in total. The Balaban J connectivity index is 1.53. The number of hydrogen-bond acceptors (Lipinski definition) is 2. The highest BCUT2D eigenvalue weighted by Crippen LogP contribution is 2.48. The van der Waals surface area contributed by atoms with E-state index >= 15 is 0 Å². The minimum Gasteiger partial charge on any atom is -0.462 e. The maximum absolute atomic E-state index is 12.0. The molecule has 0 aromatic heterocycles. The van der Waals surface area contributed by atoms with Crippen molar-refractivity contribution < 1.29 is 9.53 Å². The molecule has 3 rings (SSSR count). The molecule has 0 spiro atoms. The summed E-state index contributed by atoms with van der Waals surface area (Å²) in [6.45, 7) is 0. The molecular formula is C16H20O2. The third-order valence-corrected chi connectivity index (χ3v) is 4.16. The van der Waals surface area contributed by atoms with Gasteiger partial charge >= 0.3 is 5.97 Å². The molecule has 1 aromatic carbocycles. The molecular weight excluding hydrogens is 224 g/mol. The highest BCUT2D eigenvalue weighted by molar-refractivity contribution is 5.77. The second-order valence-electron chi connectivity index (χ2n) is 5.56. The minimum absolute atomic E-state index is 0.0377. The average Bonchev–Trinajstić information content (AvgIpc) is 3.21. The highest BCUT2D eigenvalue weighted by atomic mass is 16.5. The highest BCUT2D eigenvalue weighted by Gasteiger charge is 2.45. The van der Waals surface area contributed by atoms with E-state index in [0.29, 0.717) is 5.92 Å². The van der Waals surface area contributed by atoms with Crippen LogP contribution >= 0.6 is 0 Å². The summed E-state index contributed by atoms with van der Waals surface area (Å²) in [5.74, 6) is 0.562. The van der Waals surface area contributed by atoms with Crippen molar-refractivity contribution in [2.45, 2.75) is 50.5 Å². The molecule has 2 saturated carbocycles. The Hall–Kier alpha value is -1.31. The molecule has 96 valence electrons. The SMILES string of the molecule is O=C(OC1CCCCC1)[C@@H]1C[C@H]1c1ccccc1. The molecule has 0 bridgehead atoms. The van der Waals surface area contributed by atoms with E-state index in [-0.39, 0.29) is 18.0 Å². The molecule has 0 unspecified atom stereocenters. The summed E-state index contributed by atoms with van der Waals surface area (Å²) in [5.41, 5.74) is 1.28. The van der Waals surface area contributed by atoms with Crippen LogP contribution in [0.5, 0.6) is 0 Å². The summed E-state index contributed by atoms with van der Waals surface area (Å²) in [6.07, 6.45) is 7.02. The summed E-state index contributed by atoms with van der Waals surface area (Å²) < 4.78 is 5.63. The molecule has 2 nitrogen and oxygen atoms in total. The molecule has 2 fully saturated rings. The van der Waals surface area contributed by atoms with Gasteiger partial charge in [-0.1, -0.05) is 36.8 Å². The number of carbonyl (C=O) groups is 1. The van der Waals surface area contributed by atoms with Crippen molar-refractivity contribution in [3.05, 3.63) is 35.9 Å². The zero-order valence-electron chi connectivity index (χ0n) is 10.7. The lowest BCUT2D eigenvalue weighted by atomic mass is 9.98. The Morgan fingerprint density at radius 1 is 1.06 bits per heavy atom. The fraction of sp³-hybridized carbons (Fsp3) is 0.562. The zero-order valence-corrected chi connectivity index (χ0v) is 10.7. The maximum atomic E-state index is 12.0. The van der Waals surface area contributed by atoms with Crippen LogP contribution in [0.4, 0.5) is 0 Å². The van der Waals surface area contributed by atoms with E-state index in [1.54, 1.807) is 0 Å². The lowest BCUT2D eigenvalue weighted by Gasteiger charge is -2.21. The molecule has 0 aliphatic heterocycles. The van der Waals surface area contributed by atoms with Gasteiger partial charge in [-0.25, -0.2) is 0 Å². The van der Waals surface area contributed by atoms with Crippen molar-refractivity contribution in [3.63, 3.8) is 0 Å². The average molecular weight is 244 g/mol. The van der Waals surface area contributed by atoms with E-state index in [4.69, 9.17) is 4.74 Å². The number of esters is 1. The normalized spacial score (nSPS) is 27.8. The van der Waals surface area contributed by atoms with E-state index < -0.39 is 0 Å². The topological polar surface area (TPSA) is 26.3 Å². The zero-order chi connectivity index (χ0) is 12.4. The second-order valence-corrected chi connectivity index (χ2v) is 5.56. The van der Waals surface area contributed by atoms with Crippen LogP contribution in [0.2, 0.25) is 0 Å². The molecule has 2 atom stereocenters. The Kier molecular flexibility index (Phi) is 3.35. The molecule has 2 aliphatic rings. The lowest BCUT2D eigenvalue weighted by molar-refractivity contribution is -0.152. The molecule has 0 amide bonds. The quantitative estimate of drug-likeness (QED) is 0.758. The first-order valence-corrected chi connectivity index (χ1v) is 7.10. The molecule has 2 aliphatic carbocycles. The van der Waals surface area contributed by atoms with Gasteiger partial charge in [-0.15, -0.1) is 0 Å². The van der Waals surface area contributed by atoms with Gasteiger partial charge in [0.2, 0.25) is 0 Å². The van der Waals surface area contributed by atoms with Gasteiger partial charge in [0.25, 0.3) is 0 Å². The lowest BCUT2D eigenvalue weighted by Crippen LogP contribution is -2.22. The summed E-state index contributed by atoms with van der Waals surface area (Å²) in [7, 11) is 0. The number of rotatable bonds is 3. The second kappa shape index (κ2) is 5.13. The monoisotopic (exact) mass is 244 g/mol. The smallest absolute Gasteiger partial charge is 0.309 e. The standard InChI is InChI=1S/C16H20O2/c17-16(18-13-9-5-2-6-10-13)15-11-14(15)12-7-3-1-4-8-12/h1,3-4,7-8,13-15H,2,5-6,9-11H2/t14-,15+/m0/s1. The molecule has 2 heteroatoms. The predicted octanol–water partition coefficient (Wildman–Crippen LogP) is 3.67. The fourth-order valence-electron chi connectivity index (χ4n) is 2.96. The Bertz CT molecular complexity index is 406. The van der Waals surface area contributed by atoms with Crippen LogP contribution in [0.25, 0.3) is 0 Å². The summed E-state index contributed by atoms with van der Waals surface area (Å²) in [4.78, 5) is 12.0. The van der Waals surface area contributed by atoms with Crippen molar-refractivity contribution in [2.24, 2.45) is 5.92 Å². The molecule has 0 saturated heterocycles. The van der Waals surface area contributed by atoms with Gasteiger partial charge in [-0.3, -0.25) is 4.79 Å². The van der Waals surface area contributed by atoms with Crippen molar-refractivity contribution in [1.82, 2.24) is 0 Å². The first-order valence-electron chi connectivity index (χ1n) is 7.10. The van der Waals surface area contributed by atoms with E-state index in [2.05, 4.69) is 12.1 Å². The maximum Gasteiger partial charge on any atom is 0.309 e. The first kappa shape index (κ1) is 11.8. The Labute approximate surface area is 108 Å². The minimum atomic E-state index is 0.0377. The number of benzene rings is 1. The van der Waals surface area contributed by atoms with Crippen molar-refractivity contribution in [1.29, 1.82) is 0 Å². The van der Waals surface area contributed by atoms with E-state index in [0.717, 1.165) is 19.3 Å². The number of carbonyl (C=O) groups excluding carboxylic acids is 1. The van der Waals surface area contributed by atoms with Gasteiger partial charge in [-0.05, 0) is 43.6 Å². The van der Waals surface area contributed by atoms with Crippen LogP contribution < -0.4 is 0 Å². The van der Waals surface area contributed by atoms with Gasteiger partial charge in [0, 0.05) is 0 Å². The molecule has 0 heterocycles. The largest absolute Gasteiger partial charge is 0.462 e. The van der Waals surface area contributed by atoms with E-state index in [1.807, 2.05) is 18.2 Å². The van der Waals surface area contributed by atoms with Gasteiger partial charge in [0.15, 0.2) is 0 Å². The van der Waals surface area contributed by atoms with Crippen LogP contribution in [-0.4, -0.2) is 12.1 Å². The summed E-state index contributed by atoms with van der Waals surface area (Å²) in [6, 6.07) is 10.3. The van der Waals surface area contributed by atoms with Crippen LogP contribution in [0, 0.1) is 5.92 Å². The van der Waals surface area contributed by atoms with Gasteiger partial charge in [-0.2, -0.15) is 0 Å². The predicted molar refractivity (Wildman–Crippen MR) is 70.3 cm³/mol. The molecule has 18 heavy (non-hydrogen) atoms. The number of ether oxygens (including phenoxy) is 1. The van der Waals surface area contributed by atoms with Crippen LogP contribution in [0.3, 0.4) is 0 Å². The fourth-order valence-corrected chi connectivity index (χ4v) is 2.96. The Morgan fingerprint density at radius 3 is 2.50 bits per heavy atom. The van der Waals surface area contributed by atoms with Crippen molar-refractivity contribution in [3.8, 4) is 0 Å². The third kappa shape index (κ3) is 2.58. The van der Waals surface area contributed by atoms with Crippen LogP contribution in [0.15, 0.2) is 30.3 Å². The Morgan fingerprint density at radius 2 is 1.78 bits per heavy atom. The van der Waals surface area contributed by atoms with Crippen molar-refractivity contribution >= 4 is 5.97 Å². The van der Waals surface area contributed by atoms with Gasteiger partial charge in [0.05, 0.1) is 5.92 Å². The molecule has 1 aromatic rings. The third-order valence-electron chi connectivity index (χ3n) is 4.16. The van der Waals surface area contributed by atoms with Crippen molar-refractivity contribution in [2.75, 3.05) is 0 Å². The van der Waals surface area contributed by atoms with Crippen LogP contribution in [0.1, 0.15) is 50.0 Å². The molecule has 0 radical (unpaired) electrons. The summed E-state index contributed by atoms with van der Waals surface area (Å²) in [5, 5.41) is 0.